The first-order valence-corrected chi connectivity index (χ1v) is 10.7. The molecule has 0 unspecified atom stereocenters. The number of amides is 2. The summed E-state index contributed by atoms with van der Waals surface area (Å²) in [5, 5.41) is 14.9. The summed E-state index contributed by atoms with van der Waals surface area (Å²) in [6, 6.07) is 12.3. The van der Waals surface area contributed by atoms with E-state index in [9.17, 15) is 9.59 Å². The predicted molar refractivity (Wildman–Crippen MR) is 121 cm³/mol. The molecular formula is C21H22ClN5O3S. The number of carbonyl (C=O) groups excluding carboxylic acids is 2. The number of hydrogen-bond acceptors (Lipinski definition) is 6. The number of nitrogens with one attached hydrogen (secondary N) is 2. The molecule has 162 valence electrons. The second-order valence-corrected chi connectivity index (χ2v) is 8.07. The van der Waals surface area contributed by atoms with Crippen LogP contribution in [0.15, 0.2) is 47.6 Å². The lowest BCUT2D eigenvalue weighted by molar-refractivity contribution is -0.113. The van der Waals surface area contributed by atoms with E-state index >= 15 is 0 Å². The Labute approximate surface area is 189 Å². The fraction of sp³-hybridized carbons (Fsp3) is 0.238. The largest absolute Gasteiger partial charge is 0.495 e. The summed E-state index contributed by atoms with van der Waals surface area (Å²) in [6.45, 7) is 2.14. The van der Waals surface area contributed by atoms with Crippen LogP contribution in [0.3, 0.4) is 0 Å². The smallest absolute Gasteiger partial charge is 0.251 e. The Hall–Kier alpha value is -3.04. The SMILES string of the molecule is COc1ccc(C)cc1NC(=O)CSc1nnc(CNC(=O)c2cccc(Cl)c2)n1C. The summed E-state index contributed by atoms with van der Waals surface area (Å²) >= 11 is 7.17. The Kier molecular flexibility index (Phi) is 7.54. The molecule has 0 spiro atoms. The van der Waals surface area contributed by atoms with Gasteiger partial charge in [0, 0.05) is 17.6 Å². The molecule has 31 heavy (non-hydrogen) atoms. The number of carbonyl (C=O) groups is 2. The number of anilines is 1. The molecule has 3 aromatic rings. The zero-order valence-corrected chi connectivity index (χ0v) is 18.9. The zero-order valence-electron chi connectivity index (χ0n) is 17.3. The van der Waals surface area contributed by atoms with E-state index in [1.54, 1.807) is 43.0 Å². The molecule has 1 aromatic heterocycles. The van der Waals surface area contributed by atoms with Crippen molar-refractivity contribution in [2.75, 3.05) is 18.2 Å². The fourth-order valence-electron chi connectivity index (χ4n) is 2.75. The van der Waals surface area contributed by atoms with E-state index in [1.165, 1.54) is 11.8 Å². The number of benzene rings is 2. The quantitative estimate of drug-likeness (QED) is 0.501. The van der Waals surface area contributed by atoms with Crippen LogP contribution in [-0.2, 0) is 18.4 Å². The first kappa shape index (κ1) is 22.6. The van der Waals surface area contributed by atoms with Gasteiger partial charge in [-0.05, 0) is 42.8 Å². The van der Waals surface area contributed by atoms with Gasteiger partial charge in [-0.3, -0.25) is 9.59 Å². The molecule has 0 radical (unpaired) electrons. The predicted octanol–water partition coefficient (Wildman–Crippen LogP) is 3.45. The molecule has 2 amide bonds. The van der Waals surface area contributed by atoms with Crippen LogP contribution in [0.25, 0.3) is 0 Å². The van der Waals surface area contributed by atoms with Crippen molar-refractivity contribution in [1.82, 2.24) is 20.1 Å². The highest BCUT2D eigenvalue weighted by molar-refractivity contribution is 7.99. The monoisotopic (exact) mass is 459 g/mol. The third-order valence-electron chi connectivity index (χ3n) is 4.38. The molecule has 0 atom stereocenters. The standard InChI is InChI=1S/C21H22ClN5O3S/c1-13-7-8-17(30-3)16(9-13)24-19(28)12-31-21-26-25-18(27(21)2)11-23-20(29)14-5-4-6-15(22)10-14/h4-10H,11-12H2,1-3H3,(H,23,29)(H,24,28). The number of aromatic nitrogens is 3. The van der Waals surface area contributed by atoms with Gasteiger partial charge in [0.05, 0.1) is 25.1 Å². The van der Waals surface area contributed by atoms with E-state index in [2.05, 4.69) is 20.8 Å². The Bertz CT molecular complexity index is 1100. The molecule has 2 N–H and O–H groups in total. The zero-order chi connectivity index (χ0) is 22.4. The molecular weight excluding hydrogens is 438 g/mol. The number of thioether (sulfide) groups is 1. The third-order valence-corrected chi connectivity index (χ3v) is 5.64. The van der Waals surface area contributed by atoms with Gasteiger partial charge in [-0.1, -0.05) is 35.5 Å². The molecule has 0 fully saturated rings. The van der Waals surface area contributed by atoms with Gasteiger partial charge < -0.3 is 19.9 Å². The van der Waals surface area contributed by atoms with Gasteiger partial charge in [-0.2, -0.15) is 0 Å². The summed E-state index contributed by atoms with van der Waals surface area (Å²) < 4.78 is 7.02. The number of nitrogens with zero attached hydrogens (tertiary/aromatic N) is 3. The van der Waals surface area contributed by atoms with Gasteiger partial charge in [0.2, 0.25) is 5.91 Å². The maximum Gasteiger partial charge on any atom is 0.251 e. The molecule has 0 bridgehead atoms. The summed E-state index contributed by atoms with van der Waals surface area (Å²) in [6.07, 6.45) is 0. The number of hydrogen-bond donors (Lipinski definition) is 2. The van der Waals surface area contributed by atoms with E-state index in [0.29, 0.717) is 33.0 Å². The molecule has 0 saturated heterocycles. The average molecular weight is 460 g/mol. The van der Waals surface area contributed by atoms with Gasteiger partial charge in [0.15, 0.2) is 11.0 Å². The Morgan fingerprint density at radius 3 is 2.74 bits per heavy atom. The van der Waals surface area contributed by atoms with E-state index in [0.717, 1.165) is 5.56 Å². The van der Waals surface area contributed by atoms with Crippen LogP contribution < -0.4 is 15.4 Å². The maximum absolute atomic E-state index is 12.4. The van der Waals surface area contributed by atoms with Crippen molar-refractivity contribution < 1.29 is 14.3 Å². The van der Waals surface area contributed by atoms with Crippen molar-refractivity contribution in [1.29, 1.82) is 0 Å². The van der Waals surface area contributed by atoms with Crippen molar-refractivity contribution in [3.05, 3.63) is 64.4 Å². The Morgan fingerprint density at radius 1 is 1.19 bits per heavy atom. The highest BCUT2D eigenvalue weighted by atomic mass is 35.5. The Balaban J connectivity index is 1.55. The van der Waals surface area contributed by atoms with Crippen molar-refractivity contribution in [3.8, 4) is 5.75 Å². The molecule has 2 aromatic carbocycles. The molecule has 3 rings (SSSR count). The summed E-state index contributed by atoms with van der Waals surface area (Å²) in [5.74, 6) is 0.871. The normalized spacial score (nSPS) is 10.6. The summed E-state index contributed by atoms with van der Waals surface area (Å²) in [7, 11) is 3.34. The van der Waals surface area contributed by atoms with Gasteiger partial charge in [-0.15, -0.1) is 10.2 Å². The van der Waals surface area contributed by atoms with Crippen LogP contribution in [0, 0.1) is 6.92 Å². The Morgan fingerprint density at radius 2 is 2.00 bits per heavy atom. The van der Waals surface area contributed by atoms with Crippen molar-refractivity contribution in [2.24, 2.45) is 7.05 Å². The van der Waals surface area contributed by atoms with Crippen LogP contribution >= 0.6 is 23.4 Å². The number of aryl methyl sites for hydroxylation is 1. The van der Waals surface area contributed by atoms with E-state index in [-0.39, 0.29) is 24.1 Å². The highest BCUT2D eigenvalue weighted by Crippen LogP contribution is 2.25. The molecule has 0 aliphatic rings. The molecule has 10 heteroatoms. The lowest BCUT2D eigenvalue weighted by Gasteiger charge is -2.11. The fourth-order valence-corrected chi connectivity index (χ4v) is 3.67. The lowest BCUT2D eigenvalue weighted by atomic mass is 10.2. The topological polar surface area (TPSA) is 98.1 Å². The number of halogens is 1. The van der Waals surface area contributed by atoms with Crippen LogP contribution in [0.2, 0.25) is 5.02 Å². The molecule has 0 aliphatic carbocycles. The average Bonchev–Trinajstić information content (AvgIpc) is 3.10. The van der Waals surface area contributed by atoms with Gasteiger partial charge in [0.25, 0.3) is 5.91 Å². The number of ether oxygens (including phenoxy) is 1. The molecule has 8 nitrogen and oxygen atoms in total. The number of methoxy groups -OCH3 is 1. The summed E-state index contributed by atoms with van der Waals surface area (Å²) in [4.78, 5) is 24.6. The van der Waals surface area contributed by atoms with Crippen LogP contribution in [0.5, 0.6) is 5.75 Å². The second kappa shape index (κ2) is 10.3. The van der Waals surface area contributed by atoms with Crippen LogP contribution in [0.1, 0.15) is 21.7 Å². The van der Waals surface area contributed by atoms with Gasteiger partial charge >= 0.3 is 0 Å². The van der Waals surface area contributed by atoms with Gasteiger partial charge in [-0.25, -0.2) is 0 Å². The minimum absolute atomic E-state index is 0.151. The van der Waals surface area contributed by atoms with Crippen molar-refractivity contribution in [3.63, 3.8) is 0 Å². The lowest BCUT2D eigenvalue weighted by Crippen LogP contribution is -2.24. The van der Waals surface area contributed by atoms with Crippen molar-refractivity contribution >= 4 is 40.9 Å². The highest BCUT2D eigenvalue weighted by Gasteiger charge is 2.14. The van der Waals surface area contributed by atoms with E-state index in [1.807, 2.05) is 25.1 Å². The van der Waals surface area contributed by atoms with Crippen LogP contribution in [-0.4, -0.2) is 39.4 Å². The summed E-state index contributed by atoms with van der Waals surface area (Å²) in [5.41, 5.74) is 2.10. The molecule has 1 heterocycles. The second-order valence-electron chi connectivity index (χ2n) is 6.69. The number of rotatable bonds is 8. The van der Waals surface area contributed by atoms with Gasteiger partial charge in [0.1, 0.15) is 5.75 Å². The first-order valence-electron chi connectivity index (χ1n) is 9.36. The first-order chi connectivity index (χ1) is 14.9. The minimum atomic E-state index is -0.258. The van der Waals surface area contributed by atoms with E-state index in [4.69, 9.17) is 16.3 Å². The third kappa shape index (κ3) is 5.99. The molecule has 0 saturated carbocycles. The van der Waals surface area contributed by atoms with Crippen molar-refractivity contribution in [2.45, 2.75) is 18.6 Å². The van der Waals surface area contributed by atoms with E-state index < -0.39 is 0 Å². The van der Waals surface area contributed by atoms with Crippen LogP contribution in [0.4, 0.5) is 5.69 Å². The molecule has 0 aliphatic heterocycles. The maximum atomic E-state index is 12.4. The minimum Gasteiger partial charge on any atom is -0.495 e.